The molecule has 0 saturated carbocycles. The predicted molar refractivity (Wildman–Crippen MR) is 63.2 cm³/mol. The van der Waals surface area contributed by atoms with Crippen molar-refractivity contribution < 1.29 is 5.11 Å². The van der Waals surface area contributed by atoms with Crippen LogP contribution in [0.2, 0.25) is 0 Å². The van der Waals surface area contributed by atoms with Gasteiger partial charge in [0.25, 0.3) is 0 Å². The molecule has 1 aromatic carbocycles. The van der Waals surface area contributed by atoms with Crippen molar-refractivity contribution in [2.24, 2.45) is 5.73 Å². The number of hydrogen-bond acceptors (Lipinski definition) is 4. The van der Waals surface area contributed by atoms with Crippen LogP contribution in [0.5, 0.6) is 5.75 Å². The molecular weight excluding hydrogens is 220 g/mol. The van der Waals surface area contributed by atoms with E-state index in [2.05, 4.69) is 0 Å². The van der Waals surface area contributed by atoms with E-state index in [0.717, 1.165) is 4.88 Å². The van der Waals surface area contributed by atoms with Crippen LogP contribution in [0.25, 0.3) is 0 Å². The first-order valence-electron chi connectivity index (χ1n) is 4.74. The SMILES string of the molecule is N#Cc1ccc(O)c([C@@H](N)c2cccs2)c1. The van der Waals surface area contributed by atoms with Crippen LogP contribution in [0, 0.1) is 11.3 Å². The van der Waals surface area contributed by atoms with Gasteiger partial charge in [-0.25, -0.2) is 0 Å². The molecule has 80 valence electrons. The van der Waals surface area contributed by atoms with Gasteiger partial charge in [0.2, 0.25) is 0 Å². The smallest absolute Gasteiger partial charge is 0.120 e. The number of benzene rings is 1. The van der Waals surface area contributed by atoms with Gasteiger partial charge in [0.1, 0.15) is 5.75 Å². The summed E-state index contributed by atoms with van der Waals surface area (Å²) in [6.07, 6.45) is 0. The first-order chi connectivity index (χ1) is 7.72. The van der Waals surface area contributed by atoms with Crippen LogP contribution >= 0.6 is 11.3 Å². The lowest BCUT2D eigenvalue weighted by atomic mass is 10.0. The van der Waals surface area contributed by atoms with Crippen LogP contribution in [-0.2, 0) is 0 Å². The molecule has 4 heteroatoms. The average molecular weight is 230 g/mol. The van der Waals surface area contributed by atoms with Crippen molar-refractivity contribution in [1.29, 1.82) is 5.26 Å². The summed E-state index contributed by atoms with van der Waals surface area (Å²) in [5.74, 6) is 0.125. The Morgan fingerprint density at radius 2 is 2.19 bits per heavy atom. The summed E-state index contributed by atoms with van der Waals surface area (Å²) in [7, 11) is 0. The van der Waals surface area contributed by atoms with E-state index in [4.69, 9.17) is 11.0 Å². The Morgan fingerprint density at radius 3 is 2.81 bits per heavy atom. The molecule has 1 heterocycles. The van der Waals surface area contributed by atoms with Crippen LogP contribution in [-0.4, -0.2) is 5.11 Å². The van der Waals surface area contributed by atoms with Crippen molar-refractivity contribution in [2.75, 3.05) is 0 Å². The van der Waals surface area contributed by atoms with Gasteiger partial charge < -0.3 is 10.8 Å². The van der Waals surface area contributed by atoms with E-state index in [1.807, 2.05) is 23.6 Å². The molecule has 0 amide bonds. The maximum Gasteiger partial charge on any atom is 0.120 e. The number of nitrogens with zero attached hydrogens (tertiary/aromatic N) is 1. The lowest BCUT2D eigenvalue weighted by Gasteiger charge is -2.12. The third kappa shape index (κ3) is 1.91. The molecule has 1 aromatic heterocycles. The topological polar surface area (TPSA) is 70.0 Å². The summed E-state index contributed by atoms with van der Waals surface area (Å²) < 4.78 is 0. The Labute approximate surface area is 97.4 Å². The molecule has 3 N–H and O–H groups in total. The Bertz CT molecular complexity index is 528. The average Bonchev–Trinajstić information content (AvgIpc) is 2.82. The second kappa shape index (κ2) is 4.35. The maximum atomic E-state index is 9.71. The first kappa shape index (κ1) is 10.7. The molecule has 2 aromatic rings. The van der Waals surface area contributed by atoms with Gasteiger partial charge in [0.05, 0.1) is 17.7 Å². The molecular formula is C12H10N2OS. The zero-order valence-corrected chi connectivity index (χ0v) is 9.24. The number of nitriles is 1. The van der Waals surface area contributed by atoms with Gasteiger partial charge in [-0.15, -0.1) is 11.3 Å². The monoisotopic (exact) mass is 230 g/mol. The molecule has 0 aliphatic heterocycles. The van der Waals surface area contributed by atoms with Gasteiger partial charge in [-0.1, -0.05) is 6.07 Å². The van der Waals surface area contributed by atoms with E-state index in [1.54, 1.807) is 12.1 Å². The number of thiophene rings is 1. The van der Waals surface area contributed by atoms with Crippen LogP contribution in [0.4, 0.5) is 0 Å². The highest BCUT2D eigenvalue weighted by molar-refractivity contribution is 7.10. The minimum atomic E-state index is -0.381. The third-order valence-corrected chi connectivity index (χ3v) is 3.30. The van der Waals surface area contributed by atoms with E-state index in [0.29, 0.717) is 11.1 Å². The van der Waals surface area contributed by atoms with E-state index >= 15 is 0 Å². The maximum absolute atomic E-state index is 9.71. The first-order valence-corrected chi connectivity index (χ1v) is 5.62. The predicted octanol–water partition coefficient (Wildman–Crippen LogP) is 2.37. The van der Waals surface area contributed by atoms with E-state index in [1.165, 1.54) is 17.4 Å². The number of rotatable bonds is 2. The Hall–Kier alpha value is -1.83. The summed E-state index contributed by atoms with van der Waals surface area (Å²) in [5.41, 5.74) is 7.11. The Kier molecular flexibility index (Phi) is 2.91. The summed E-state index contributed by atoms with van der Waals surface area (Å²) in [4.78, 5) is 0.963. The molecule has 0 aliphatic carbocycles. The lowest BCUT2D eigenvalue weighted by molar-refractivity contribution is 0.465. The standard InChI is InChI=1S/C12H10N2OS/c13-7-8-3-4-10(15)9(6-8)12(14)11-2-1-5-16-11/h1-6,12,15H,14H2/t12-/m1/s1. The van der Waals surface area contributed by atoms with Gasteiger partial charge >= 0.3 is 0 Å². The molecule has 0 aliphatic rings. The highest BCUT2D eigenvalue weighted by Gasteiger charge is 2.14. The van der Waals surface area contributed by atoms with E-state index in [9.17, 15) is 5.11 Å². The second-order valence-corrected chi connectivity index (χ2v) is 4.36. The molecule has 0 fully saturated rings. The molecule has 0 unspecified atom stereocenters. The molecule has 0 spiro atoms. The molecule has 1 atom stereocenters. The van der Waals surface area contributed by atoms with E-state index in [-0.39, 0.29) is 11.8 Å². The molecule has 2 rings (SSSR count). The number of phenolic OH excluding ortho intramolecular Hbond substituents is 1. The normalized spacial score (nSPS) is 12.0. The number of aromatic hydroxyl groups is 1. The summed E-state index contributed by atoms with van der Waals surface area (Å²) in [5, 5.41) is 20.4. The molecule has 3 nitrogen and oxygen atoms in total. The quantitative estimate of drug-likeness (QED) is 0.832. The van der Waals surface area contributed by atoms with Crippen molar-refractivity contribution in [3.63, 3.8) is 0 Å². The minimum Gasteiger partial charge on any atom is -0.508 e. The highest BCUT2D eigenvalue weighted by atomic mass is 32.1. The van der Waals surface area contributed by atoms with Gasteiger partial charge in [0.15, 0.2) is 0 Å². The van der Waals surface area contributed by atoms with Gasteiger partial charge in [-0.05, 0) is 29.6 Å². The fraction of sp³-hybridized carbons (Fsp3) is 0.0833. The Balaban J connectivity index is 2.44. The molecule has 0 radical (unpaired) electrons. The van der Waals surface area contributed by atoms with Crippen LogP contribution in [0.3, 0.4) is 0 Å². The van der Waals surface area contributed by atoms with Crippen molar-refractivity contribution >= 4 is 11.3 Å². The van der Waals surface area contributed by atoms with Crippen LogP contribution in [0.15, 0.2) is 35.7 Å². The number of phenols is 1. The van der Waals surface area contributed by atoms with Crippen LogP contribution < -0.4 is 5.73 Å². The largest absolute Gasteiger partial charge is 0.508 e. The zero-order valence-electron chi connectivity index (χ0n) is 8.42. The third-order valence-electron chi connectivity index (χ3n) is 2.34. The summed E-state index contributed by atoms with van der Waals surface area (Å²) in [6, 6.07) is 10.2. The van der Waals surface area contributed by atoms with Crippen molar-refractivity contribution in [1.82, 2.24) is 0 Å². The van der Waals surface area contributed by atoms with Crippen molar-refractivity contribution in [3.8, 4) is 11.8 Å². The van der Waals surface area contributed by atoms with E-state index < -0.39 is 0 Å². The van der Waals surface area contributed by atoms with Gasteiger partial charge in [-0.3, -0.25) is 0 Å². The fourth-order valence-electron chi connectivity index (χ4n) is 1.49. The van der Waals surface area contributed by atoms with Crippen molar-refractivity contribution in [3.05, 3.63) is 51.7 Å². The Morgan fingerprint density at radius 1 is 1.38 bits per heavy atom. The van der Waals surface area contributed by atoms with Crippen LogP contribution in [0.1, 0.15) is 22.0 Å². The second-order valence-electron chi connectivity index (χ2n) is 3.38. The molecule has 0 saturated heterocycles. The molecule has 16 heavy (non-hydrogen) atoms. The van der Waals surface area contributed by atoms with Gasteiger partial charge in [0, 0.05) is 10.4 Å². The summed E-state index contributed by atoms with van der Waals surface area (Å²) in [6.45, 7) is 0. The molecule has 0 bridgehead atoms. The van der Waals surface area contributed by atoms with Gasteiger partial charge in [-0.2, -0.15) is 5.26 Å². The summed E-state index contributed by atoms with van der Waals surface area (Å²) >= 11 is 1.53. The number of nitrogens with two attached hydrogens (primary N) is 1. The fourth-order valence-corrected chi connectivity index (χ4v) is 2.24. The minimum absolute atomic E-state index is 0.125. The lowest BCUT2D eigenvalue weighted by Crippen LogP contribution is -2.10. The zero-order chi connectivity index (χ0) is 11.5. The van der Waals surface area contributed by atoms with Crippen molar-refractivity contribution in [2.45, 2.75) is 6.04 Å². The highest BCUT2D eigenvalue weighted by Crippen LogP contribution is 2.30. The number of hydrogen-bond donors (Lipinski definition) is 2.